The third kappa shape index (κ3) is 2.44. The van der Waals surface area contributed by atoms with Crippen molar-refractivity contribution in [1.82, 2.24) is 9.88 Å². The summed E-state index contributed by atoms with van der Waals surface area (Å²) in [4.78, 5) is 16.3. The molecule has 0 aliphatic carbocycles. The van der Waals surface area contributed by atoms with Crippen molar-refractivity contribution in [2.24, 2.45) is 5.73 Å². The van der Waals surface area contributed by atoms with Crippen LogP contribution in [0.1, 0.15) is 16.9 Å². The maximum Gasteiger partial charge on any atom is 0.270 e. The molecule has 118 valence electrons. The molecule has 3 rings (SSSR count). The highest BCUT2D eigenvalue weighted by atomic mass is 35.5. The van der Waals surface area contributed by atoms with E-state index in [1.165, 1.54) is 17.0 Å². The summed E-state index contributed by atoms with van der Waals surface area (Å²) in [6, 6.07) is 1.88. The molecule has 1 aromatic carbocycles. The number of nitrogens with two attached hydrogens (primary N) is 1. The molecule has 2 atom stereocenters. The van der Waals surface area contributed by atoms with Crippen molar-refractivity contribution in [2.75, 3.05) is 13.1 Å². The number of aromatic nitrogens is 1. The van der Waals surface area contributed by atoms with Crippen molar-refractivity contribution in [3.63, 3.8) is 0 Å². The molecule has 3 N–H and O–H groups in total. The summed E-state index contributed by atoms with van der Waals surface area (Å²) < 4.78 is 40.6. The first kappa shape index (κ1) is 15.2. The van der Waals surface area contributed by atoms with Gasteiger partial charge in [-0.3, -0.25) is 4.79 Å². The highest BCUT2D eigenvalue weighted by Crippen LogP contribution is 2.28. The summed E-state index contributed by atoms with van der Waals surface area (Å²) in [7, 11) is 0. The molecular formula is C14H13ClF3N3O. The lowest BCUT2D eigenvalue weighted by Gasteiger charge is -2.32. The molecule has 0 bridgehead atoms. The number of hydrogen-bond donors (Lipinski definition) is 2. The van der Waals surface area contributed by atoms with Gasteiger partial charge in [0.05, 0.1) is 16.6 Å². The molecule has 2 unspecified atom stereocenters. The molecule has 2 aromatic rings. The van der Waals surface area contributed by atoms with Crippen molar-refractivity contribution in [1.29, 1.82) is 0 Å². The van der Waals surface area contributed by atoms with Gasteiger partial charge in [-0.15, -0.1) is 0 Å². The van der Waals surface area contributed by atoms with Crippen LogP contribution in [0.3, 0.4) is 0 Å². The second-order valence-electron chi connectivity index (χ2n) is 5.35. The number of H-pyrrole nitrogens is 1. The lowest BCUT2D eigenvalue weighted by atomic mass is 10.0. The van der Waals surface area contributed by atoms with Crippen LogP contribution in [-0.4, -0.2) is 41.1 Å². The SMILES string of the molecule is NC1CN(C(=O)c2cc3cc(Cl)c(F)c(F)c3[nH]2)CCC1F. The van der Waals surface area contributed by atoms with E-state index in [0.29, 0.717) is 0 Å². The number of halogens is 4. The van der Waals surface area contributed by atoms with E-state index < -0.39 is 29.8 Å². The first-order chi connectivity index (χ1) is 10.4. The lowest BCUT2D eigenvalue weighted by Crippen LogP contribution is -2.51. The van der Waals surface area contributed by atoms with E-state index in [-0.39, 0.29) is 41.1 Å². The molecule has 0 radical (unpaired) electrons. The number of carbonyl (C=O) groups is 1. The number of likely N-dealkylation sites (tertiary alicyclic amines) is 1. The number of benzene rings is 1. The van der Waals surface area contributed by atoms with Gasteiger partial charge in [-0.05, 0) is 18.6 Å². The highest BCUT2D eigenvalue weighted by Gasteiger charge is 2.30. The highest BCUT2D eigenvalue weighted by molar-refractivity contribution is 6.31. The van der Waals surface area contributed by atoms with E-state index in [9.17, 15) is 18.0 Å². The lowest BCUT2D eigenvalue weighted by molar-refractivity contribution is 0.0625. The fourth-order valence-corrected chi connectivity index (χ4v) is 2.80. The minimum atomic E-state index is -1.17. The number of alkyl halides is 1. The largest absolute Gasteiger partial charge is 0.348 e. The van der Waals surface area contributed by atoms with Crippen molar-refractivity contribution < 1.29 is 18.0 Å². The van der Waals surface area contributed by atoms with Crippen LogP contribution in [0.15, 0.2) is 12.1 Å². The Morgan fingerprint density at radius 2 is 2.09 bits per heavy atom. The van der Waals surface area contributed by atoms with Crippen molar-refractivity contribution in [2.45, 2.75) is 18.6 Å². The van der Waals surface area contributed by atoms with Gasteiger partial charge in [0.1, 0.15) is 11.9 Å². The van der Waals surface area contributed by atoms with Gasteiger partial charge in [-0.25, -0.2) is 13.2 Å². The summed E-state index contributed by atoms with van der Waals surface area (Å²) >= 11 is 5.58. The fourth-order valence-electron chi connectivity index (χ4n) is 2.60. The van der Waals surface area contributed by atoms with E-state index in [1.807, 2.05) is 0 Å². The molecule has 1 fully saturated rings. The van der Waals surface area contributed by atoms with Gasteiger partial charge in [-0.2, -0.15) is 0 Å². The standard InChI is InChI=1S/C14H13ClF3N3O/c15-7-3-6-4-10(20-13(6)12(18)11(7)17)14(22)21-2-1-8(16)9(19)5-21/h3-4,8-9,20H,1-2,5,19H2. The summed E-state index contributed by atoms with van der Waals surface area (Å²) in [5, 5.41) is -0.0693. The van der Waals surface area contributed by atoms with E-state index in [1.54, 1.807) is 0 Å². The molecular weight excluding hydrogens is 319 g/mol. The topological polar surface area (TPSA) is 62.1 Å². The van der Waals surface area contributed by atoms with Crippen molar-refractivity contribution >= 4 is 28.4 Å². The first-order valence-electron chi connectivity index (χ1n) is 6.73. The zero-order chi connectivity index (χ0) is 16.0. The van der Waals surface area contributed by atoms with E-state index in [4.69, 9.17) is 17.3 Å². The van der Waals surface area contributed by atoms with Gasteiger partial charge < -0.3 is 15.6 Å². The molecule has 1 aromatic heterocycles. The first-order valence-corrected chi connectivity index (χ1v) is 7.11. The molecule has 22 heavy (non-hydrogen) atoms. The van der Waals surface area contributed by atoms with Gasteiger partial charge >= 0.3 is 0 Å². The minimum Gasteiger partial charge on any atom is -0.348 e. The number of rotatable bonds is 1. The number of piperidine rings is 1. The monoisotopic (exact) mass is 331 g/mol. The van der Waals surface area contributed by atoms with Gasteiger partial charge in [-0.1, -0.05) is 11.6 Å². The molecule has 2 heterocycles. The average molecular weight is 332 g/mol. The quantitative estimate of drug-likeness (QED) is 0.789. The van der Waals surface area contributed by atoms with Gasteiger partial charge in [0.2, 0.25) is 0 Å². The van der Waals surface area contributed by atoms with Crippen molar-refractivity contribution in [3.05, 3.63) is 34.5 Å². The molecule has 1 amide bonds. The Kier molecular flexibility index (Phi) is 3.78. The Labute approximate surface area is 129 Å². The van der Waals surface area contributed by atoms with Crippen LogP contribution in [0.5, 0.6) is 0 Å². The van der Waals surface area contributed by atoms with Crippen LogP contribution in [0.2, 0.25) is 5.02 Å². The molecule has 0 saturated carbocycles. The number of nitrogens with zero attached hydrogens (tertiary/aromatic N) is 1. The molecule has 1 aliphatic rings. The van der Waals surface area contributed by atoms with E-state index in [2.05, 4.69) is 4.98 Å². The summed E-state index contributed by atoms with van der Waals surface area (Å²) in [6.07, 6.45) is -0.987. The third-order valence-corrected chi connectivity index (χ3v) is 4.12. The Morgan fingerprint density at radius 1 is 1.36 bits per heavy atom. The van der Waals surface area contributed by atoms with Gasteiger partial charge in [0.25, 0.3) is 5.91 Å². The summed E-state index contributed by atoms with van der Waals surface area (Å²) in [5.74, 6) is -2.74. The Bertz CT molecular complexity index is 748. The van der Waals surface area contributed by atoms with Crippen LogP contribution in [0, 0.1) is 11.6 Å². The smallest absolute Gasteiger partial charge is 0.270 e. The van der Waals surface area contributed by atoms with Crippen molar-refractivity contribution in [3.8, 4) is 0 Å². The second kappa shape index (κ2) is 5.48. The number of hydrogen-bond acceptors (Lipinski definition) is 2. The molecule has 4 nitrogen and oxygen atoms in total. The second-order valence-corrected chi connectivity index (χ2v) is 5.76. The zero-order valence-corrected chi connectivity index (χ0v) is 12.1. The number of nitrogens with one attached hydrogen (secondary N) is 1. The Balaban J connectivity index is 1.93. The van der Waals surface area contributed by atoms with E-state index in [0.717, 1.165) is 0 Å². The molecule has 8 heteroatoms. The van der Waals surface area contributed by atoms with Crippen LogP contribution >= 0.6 is 11.6 Å². The van der Waals surface area contributed by atoms with Gasteiger partial charge in [0.15, 0.2) is 11.6 Å². The third-order valence-electron chi connectivity index (χ3n) is 3.84. The Morgan fingerprint density at radius 3 is 2.77 bits per heavy atom. The number of aromatic amines is 1. The number of amides is 1. The normalized spacial score (nSPS) is 22.3. The maximum atomic E-state index is 13.8. The Hall–Kier alpha value is -1.73. The summed E-state index contributed by atoms with van der Waals surface area (Å²) in [5.41, 5.74) is 5.57. The zero-order valence-electron chi connectivity index (χ0n) is 11.4. The number of fused-ring (bicyclic) bond motifs is 1. The minimum absolute atomic E-state index is 0.0764. The summed E-state index contributed by atoms with van der Waals surface area (Å²) in [6.45, 7) is 0.299. The van der Waals surface area contributed by atoms with Crippen LogP contribution in [0.4, 0.5) is 13.2 Å². The fraction of sp³-hybridized carbons (Fsp3) is 0.357. The van der Waals surface area contributed by atoms with E-state index >= 15 is 0 Å². The number of carbonyl (C=O) groups excluding carboxylic acids is 1. The maximum absolute atomic E-state index is 13.8. The molecule has 0 spiro atoms. The molecule has 1 aliphatic heterocycles. The van der Waals surface area contributed by atoms with Crippen LogP contribution < -0.4 is 5.73 Å². The predicted octanol–water partition coefficient (Wildman–Crippen LogP) is 2.61. The predicted molar refractivity (Wildman–Crippen MR) is 76.6 cm³/mol. The average Bonchev–Trinajstić information content (AvgIpc) is 2.91. The van der Waals surface area contributed by atoms with Crippen LogP contribution in [0.25, 0.3) is 10.9 Å². The van der Waals surface area contributed by atoms with Crippen LogP contribution in [-0.2, 0) is 0 Å². The van der Waals surface area contributed by atoms with Gasteiger partial charge in [0, 0.05) is 18.5 Å². The molecule has 1 saturated heterocycles.